The van der Waals surface area contributed by atoms with Gasteiger partial charge in [-0.1, -0.05) is 12.1 Å². The molecule has 1 amide bonds. The zero-order valence-corrected chi connectivity index (χ0v) is 14.1. The van der Waals surface area contributed by atoms with Crippen LogP contribution in [0.1, 0.15) is 37.7 Å². The van der Waals surface area contributed by atoms with E-state index in [1.165, 1.54) is 12.8 Å². The van der Waals surface area contributed by atoms with Gasteiger partial charge < -0.3 is 25.2 Å². The standard InChI is InChI=1S/C18H26N2O4/c1-23-16-8-4-5-12(17(16)24-14-6-2-3-7-14)10-20-18(22)15-9-13(21)11-19-15/h4-5,8,13-15,19,21H,2-3,6-7,9-11H2,1H3,(H,20,22). The molecule has 0 radical (unpaired) electrons. The van der Waals surface area contributed by atoms with Crippen LogP contribution in [-0.2, 0) is 11.3 Å². The maximum absolute atomic E-state index is 12.2. The van der Waals surface area contributed by atoms with Crippen LogP contribution in [0.15, 0.2) is 18.2 Å². The highest BCUT2D eigenvalue weighted by atomic mass is 16.5. The van der Waals surface area contributed by atoms with Gasteiger partial charge in [0.25, 0.3) is 0 Å². The second kappa shape index (κ2) is 7.85. The molecular formula is C18H26N2O4. The van der Waals surface area contributed by atoms with Crippen molar-refractivity contribution in [1.82, 2.24) is 10.6 Å². The van der Waals surface area contributed by atoms with Gasteiger partial charge in [0.15, 0.2) is 11.5 Å². The number of hydrogen-bond acceptors (Lipinski definition) is 5. The minimum Gasteiger partial charge on any atom is -0.493 e. The predicted molar refractivity (Wildman–Crippen MR) is 90.1 cm³/mol. The Kier molecular flexibility index (Phi) is 5.58. The number of rotatable bonds is 6. The number of aliphatic hydroxyl groups excluding tert-OH is 1. The highest BCUT2D eigenvalue weighted by molar-refractivity contribution is 5.82. The third kappa shape index (κ3) is 3.99. The van der Waals surface area contributed by atoms with E-state index in [0.717, 1.165) is 24.2 Å². The van der Waals surface area contributed by atoms with Crippen molar-refractivity contribution in [3.05, 3.63) is 23.8 Å². The third-order valence-corrected chi connectivity index (χ3v) is 4.74. The lowest BCUT2D eigenvalue weighted by Crippen LogP contribution is -2.40. The zero-order valence-electron chi connectivity index (χ0n) is 14.1. The summed E-state index contributed by atoms with van der Waals surface area (Å²) >= 11 is 0. The van der Waals surface area contributed by atoms with Crippen LogP contribution in [0.2, 0.25) is 0 Å². The van der Waals surface area contributed by atoms with Crippen LogP contribution in [0, 0.1) is 0 Å². The average Bonchev–Trinajstić information content (AvgIpc) is 3.25. The Bertz CT molecular complexity index is 572. The van der Waals surface area contributed by atoms with E-state index < -0.39 is 6.10 Å². The molecule has 1 aromatic rings. The molecule has 6 heteroatoms. The average molecular weight is 334 g/mol. The van der Waals surface area contributed by atoms with Gasteiger partial charge in [-0.15, -0.1) is 0 Å². The normalized spacial score (nSPS) is 24.1. The number of amides is 1. The number of methoxy groups -OCH3 is 1. The SMILES string of the molecule is COc1cccc(CNC(=O)C2CC(O)CN2)c1OC1CCCC1. The fourth-order valence-corrected chi connectivity index (χ4v) is 3.39. The second-order valence-corrected chi connectivity index (χ2v) is 6.54. The second-order valence-electron chi connectivity index (χ2n) is 6.54. The Balaban J connectivity index is 1.66. The zero-order chi connectivity index (χ0) is 16.9. The van der Waals surface area contributed by atoms with Gasteiger partial charge in [-0.2, -0.15) is 0 Å². The molecule has 1 aliphatic carbocycles. The fraction of sp³-hybridized carbons (Fsp3) is 0.611. The summed E-state index contributed by atoms with van der Waals surface area (Å²) in [5.41, 5.74) is 0.910. The summed E-state index contributed by atoms with van der Waals surface area (Å²) in [6, 6.07) is 5.40. The van der Waals surface area contributed by atoms with Crippen molar-refractivity contribution in [2.24, 2.45) is 0 Å². The van der Waals surface area contributed by atoms with E-state index in [1.54, 1.807) is 7.11 Å². The number of aliphatic hydroxyl groups is 1. The quantitative estimate of drug-likeness (QED) is 0.732. The van der Waals surface area contributed by atoms with Crippen LogP contribution in [0.5, 0.6) is 11.5 Å². The molecule has 2 atom stereocenters. The van der Waals surface area contributed by atoms with E-state index in [-0.39, 0.29) is 18.1 Å². The number of carbonyl (C=O) groups is 1. The van der Waals surface area contributed by atoms with Crippen molar-refractivity contribution in [2.75, 3.05) is 13.7 Å². The Morgan fingerprint density at radius 2 is 2.17 bits per heavy atom. The highest BCUT2D eigenvalue weighted by Crippen LogP contribution is 2.34. The summed E-state index contributed by atoms with van der Waals surface area (Å²) in [7, 11) is 1.63. The number of benzene rings is 1. The molecule has 0 bridgehead atoms. The predicted octanol–water partition coefficient (Wildman–Crippen LogP) is 1.36. The summed E-state index contributed by atoms with van der Waals surface area (Å²) < 4.78 is 11.6. The van der Waals surface area contributed by atoms with Crippen molar-refractivity contribution in [3.8, 4) is 11.5 Å². The van der Waals surface area contributed by atoms with E-state index in [4.69, 9.17) is 9.47 Å². The number of para-hydroxylation sites is 1. The van der Waals surface area contributed by atoms with Gasteiger partial charge in [-0.05, 0) is 38.2 Å². The summed E-state index contributed by atoms with van der Waals surface area (Å²) in [6.45, 7) is 0.847. The van der Waals surface area contributed by atoms with Crippen LogP contribution in [-0.4, -0.2) is 42.9 Å². The van der Waals surface area contributed by atoms with Gasteiger partial charge >= 0.3 is 0 Å². The summed E-state index contributed by atoms with van der Waals surface area (Å²) in [5, 5.41) is 15.5. The van der Waals surface area contributed by atoms with E-state index >= 15 is 0 Å². The smallest absolute Gasteiger partial charge is 0.237 e. The summed E-state index contributed by atoms with van der Waals surface area (Å²) in [4.78, 5) is 12.2. The number of nitrogens with one attached hydrogen (secondary N) is 2. The van der Waals surface area contributed by atoms with Crippen molar-refractivity contribution < 1.29 is 19.4 Å². The first-order valence-corrected chi connectivity index (χ1v) is 8.69. The largest absolute Gasteiger partial charge is 0.493 e. The van der Waals surface area contributed by atoms with Gasteiger partial charge in [0, 0.05) is 18.7 Å². The maximum Gasteiger partial charge on any atom is 0.237 e. The van der Waals surface area contributed by atoms with Crippen LogP contribution >= 0.6 is 0 Å². The van der Waals surface area contributed by atoms with Gasteiger partial charge in [0.1, 0.15) is 0 Å². The van der Waals surface area contributed by atoms with Gasteiger partial charge in [0.05, 0.1) is 25.4 Å². The molecule has 1 aromatic carbocycles. The lowest BCUT2D eigenvalue weighted by atomic mass is 10.1. The minimum absolute atomic E-state index is 0.0961. The molecule has 1 saturated heterocycles. The molecule has 132 valence electrons. The first kappa shape index (κ1) is 17.0. The van der Waals surface area contributed by atoms with Gasteiger partial charge in [-0.3, -0.25) is 4.79 Å². The van der Waals surface area contributed by atoms with E-state index in [2.05, 4.69) is 10.6 Å². The molecule has 2 unspecified atom stereocenters. The third-order valence-electron chi connectivity index (χ3n) is 4.74. The minimum atomic E-state index is -0.446. The first-order valence-electron chi connectivity index (χ1n) is 8.69. The molecule has 1 saturated carbocycles. The molecule has 1 aliphatic heterocycles. The van der Waals surface area contributed by atoms with Crippen LogP contribution in [0.25, 0.3) is 0 Å². The topological polar surface area (TPSA) is 79.8 Å². The Hall–Kier alpha value is -1.79. The van der Waals surface area contributed by atoms with Crippen LogP contribution in [0.3, 0.4) is 0 Å². The summed E-state index contributed by atoms with van der Waals surface area (Å²) in [6.07, 6.45) is 4.75. The molecule has 2 aliphatic rings. The van der Waals surface area contributed by atoms with Crippen molar-refractivity contribution in [1.29, 1.82) is 0 Å². The lowest BCUT2D eigenvalue weighted by Gasteiger charge is -2.20. The molecule has 1 heterocycles. The van der Waals surface area contributed by atoms with Crippen molar-refractivity contribution >= 4 is 5.91 Å². The lowest BCUT2D eigenvalue weighted by molar-refractivity contribution is -0.123. The first-order chi connectivity index (χ1) is 11.7. The molecule has 24 heavy (non-hydrogen) atoms. The highest BCUT2D eigenvalue weighted by Gasteiger charge is 2.28. The molecule has 0 aromatic heterocycles. The maximum atomic E-state index is 12.2. The Morgan fingerprint density at radius 1 is 1.38 bits per heavy atom. The van der Waals surface area contributed by atoms with Crippen molar-refractivity contribution in [3.63, 3.8) is 0 Å². The molecule has 3 N–H and O–H groups in total. The van der Waals surface area contributed by atoms with E-state index in [9.17, 15) is 9.90 Å². The Morgan fingerprint density at radius 3 is 2.83 bits per heavy atom. The van der Waals surface area contributed by atoms with Crippen LogP contribution in [0.4, 0.5) is 0 Å². The van der Waals surface area contributed by atoms with E-state index in [1.807, 2.05) is 18.2 Å². The molecule has 2 fully saturated rings. The molecule has 3 rings (SSSR count). The Labute approximate surface area is 142 Å². The van der Waals surface area contributed by atoms with Gasteiger partial charge in [-0.25, -0.2) is 0 Å². The fourth-order valence-electron chi connectivity index (χ4n) is 3.39. The summed E-state index contributed by atoms with van der Waals surface area (Å²) in [5.74, 6) is 1.33. The number of hydrogen-bond donors (Lipinski definition) is 3. The number of ether oxygens (including phenoxy) is 2. The number of β-amino-alcohol motifs (C(OH)–C–C–N with tert-alkyl or cyclic N) is 1. The van der Waals surface area contributed by atoms with Gasteiger partial charge in [0.2, 0.25) is 5.91 Å². The molecule has 0 spiro atoms. The van der Waals surface area contributed by atoms with Crippen LogP contribution < -0.4 is 20.1 Å². The molecule has 6 nitrogen and oxygen atoms in total. The van der Waals surface area contributed by atoms with E-state index in [0.29, 0.717) is 25.3 Å². The number of carbonyl (C=O) groups excluding carboxylic acids is 1. The molecular weight excluding hydrogens is 308 g/mol. The van der Waals surface area contributed by atoms with Crippen molar-refractivity contribution in [2.45, 2.75) is 56.9 Å². The monoisotopic (exact) mass is 334 g/mol.